The van der Waals surface area contributed by atoms with E-state index in [1.807, 2.05) is 13.8 Å². The van der Waals surface area contributed by atoms with E-state index in [2.05, 4.69) is 10.6 Å². The SMILES string of the molecule is COc1ccc(C(=O)N2CCCCNC(=O)c3cc(Cl)ccc3OC[C@@H](CC(C)C)NC(=O)C2)cc1F. The van der Waals surface area contributed by atoms with E-state index in [-0.39, 0.29) is 54.8 Å². The molecule has 3 amide bonds. The van der Waals surface area contributed by atoms with Crippen molar-refractivity contribution in [3.63, 3.8) is 0 Å². The second kappa shape index (κ2) is 13.3. The van der Waals surface area contributed by atoms with Crippen LogP contribution in [0.5, 0.6) is 11.5 Å². The van der Waals surface area contributed by atoms with Crippen molar-refractivity contribution in [3.05, 3.63) is 58.4 Å². The number of nitrogens with zero attached hydrogens (tertiary/aromatic N) is 1. The van der Waals surface area contributed by atoms with Gasteiger partial charge in [-0.1, -0.05) is 25.4 Å². The zero-order valence-electron chi connectivity index (χ0n) is 21.3. The van der Waals surface area contributed by atoms with Crippen LogP contribution in [0.25, 0.3) is 0 Å². The van der Waals surface area contributed by atoms with Crippen LogP contribution in [0, 0.1) is 11.7 Å². The Bertz CT molecular complexity index is 1130. The molecule has 0 radical (unpaired) electrons. The molecule has 2 N–H and O–H groups in total. The standard InChI is InChI=1S/C27H33ClFN3O5/c1-17(2)12-20-16-37-23-9-7-19(28)14-21(23)26(34)30-10-4-5-11-32(15-25(33)31-20)27(35)18-6-8-24(36-3)22(29)13-18/h6-9,13-14,17,20H,4-5,10-12,15-16H2,1-3H3,(H,30,34)(H,31,33)/t20-/m1/s1. The van der Waals surface area contributed by atoms with Gasteiger partial charge in [-0.05, 0) is 61.6 Å². The van der Waals surface area contributed by atoms with Gasteiger partial charge in [0.2, 0.25) is 5.91 Å². The van der Waals surface area contributed by atoms with Gasteiger partial charge in [-0.15, -0.1) is 0 Å². The molecule has 1 heterocycles. The zero-order chi connectivity index (χ0) is 26.9. The average Bonchev–Trinajstić information content (AvgIpc) is 2.85. The molecular formula is C27H33ClFN3O5. The molecule has 0 spiro atoms. The van der Waals surface area contributed by atoms with Crippen LogP contribution in [0.2, 0.25) is 5.02 Å². The first-order valence-corrected chi connectivity index (χ1v) is 12.7. The van der Waals surface area contributed by atoms with Gasteiger partial charge >= 0.3 is 0 Å². The fourth-order valence-electron chi connectivity index (χ4n) is 4.14. The van der Waals surface area contributed by atoms with Gasteiger partial charge in [0, 0.05) is 23.7 Å². The van der Waals surface area contributed by atoms with E-state index in [0.29, 0.717) is 42.1 Å². The molecule has 0 saturated carbocycles. The first-order chi connectivity index (χ1) is 17.7. The molecule has 0 fully saturated rings. The van der Waals surface area contributed by atoms with Gasteiger partial charge in [-0.2, -0.15) is 0 Å². The van der Waals surface area contributed by atoms with Crippen LogP contribution < -0.4 is 20.1 Å². The highest BCUT2D eigenvalue weighted by molar-refractivity contribution is 6.31. The normalized spacial score (nSPS) is 17.6. The van der Waals surface area contributed by atoms with E-state index in [4.69, 9.17) is 21.1 Å². The second-order valence-corrected chi connectivity index (χ2v) is 9.82. The maximum absolute atomic E-state index is 14.2. The topological polar surface area (TPSA) is 97.0 Å². The van der Waals surface area contributed by atoms with Gasteiger partial charge < -0.3 is 25.0 Å². The molecule has 0 saturated heterocycles. The third kappa shape index (κ3) is 8.08. The predicted octanol–water partition coefficient (Wildman–Crippen LogP) is 4.06. The van der Waals surface area contributed by atoms with Crippen molar-refractivity contribution in [2.75, 3.05) is 33.4 Å². The van der Waals surface area contributed by atoms with Gasteiger partial charge in [0.05, 0.1) is 25.3 Å². The van der Waals surface area contributed by atoms with Crippen molar-refractivity contribution < 1.29 is 28.2 Å². The summed E-state index contributed by atoms with van der Waals surface area (Å²) in [4.78, 5) is 40.5. The summed E-state index contributed by atoms with van der Waals surface area (Å²) in [6.45, 7) is 4.59. The molecule has 0 bridgehead atoms. The van der Waals surface area contributed by atoms with Gasteiger partial charge in [0.25, 0.3) is 11.8 Å². The van der Waals surface area contributed by atoms with Crippen LogP contribution >= 0.6 is 11.6 Å². The Morgan fingerprint density at radius 3 is 2.70 bits per heavy atom. The molecule has 0 aliphatic carbocycles. The average molecular weight is 534 g/mol. The van der Waals surface area contributed by atoms with E-state index in [0.717, 1.165) is 6.07 Å². The van der Waals surface area contributed by atoms with Gasteiger partial charge in [-0.25, -0.2) is 4.39 Å². The molecule has 0 unspecified atom stereocenters. The summed E-state index contributed by atoms with van der Waals surface area (Å²) in [6.07, 6.45) is 1.70. The largest absolute Gasteiger partial charge is 0.494 e. The molecule has 2 aromatic rings. The van der Waals surface area contributed by atoms with Crippen LogP contribution in [0.3, 0.4) is 0 Å². The number of halogens is 2. The molecule has 3 rings (SSSR count). The molecule has 2 aromatic carbocycles. The van der Waals surface area contributed by atoms with Gasteiger partial charge in [-0.3, -0.25) is 14.4 Å². The van der Waals surface area contributed by atoms with Crippen LogP contribution in [0.4, 0.5) is 4.39 Å². The summed E-state index contributed by atoms with van der Waals surface area (Å²) in [5, 5.41) is 6.22. The molecule has 1 aliphatic heterocycles. The highest BCUT2D eigenvalue weighted by Crippen LogP contribution is 2.24. The van der Waals surface area contributed by atoms with E-state index < -0.39 is 11.7 Å². The zero-order valence-corrected chi connectivity index (χ0v) is 22.1. The molecule has 1 aliphatic rings. The van der Waals surface area contributed by atoms with E-state index in [1.54, 1.807) is 18.2 Å². The van der Waals surface area contributed by atoms with Crippen molar-refractivity contribution in [1.29, 1.82) is 0 Å². The number of rotatable bonds is 4. The maximum atomic E-state index is 14.2. The smallest absolute Gasteiger partial charge is 0.255 e. The maximum Gasteiger partial charge on any atom is 0.255 e. The molecule has 1 atom stereocenters. The molecule has 200 valence electrons. The number of ether oxygens (including phenoxy) is 2. The number of hydrogen-bond donors (Lipinski definition) is 2. The summed E-state index contributed by atoms with van der Waals surface area (Å²) < 4.78 is 25.1. The monoisotopic (exact) mass is 533 g/mol. The lowest BCUT2D eigenvalue weighted by atomic mass is 10.0. The number of carbonyl (C=O) groups is 3. The van der Waals surface area contributed by atoms with E-state index in [9.17, 15) is 18.8 Å². The fourth-order valence-corrected chi connectivity index (χ4v) is 4.31. The summed E-state index contributed by atoms with van der Waals surface area (Å²) >= 11 is 6.12. The first kappa shape index (κ1) is 28.2. The third-order valence-corrected chi connectivity index (χ3v) is 6.14. The molecule has 37 heavy (non-hydrogen) atoms. The van der Waals surface area contributed by atoms with Crippen molar-refractivity contribution in [2.45, 2.75) is 39.2 Å². The Kier molecular flexibility index (Phi) is 10.1. The number of amides is 3. The Hall–Kier alpha value is -3.33. The van der Waals surface area contributed by atoms with Crippen molar-refractivity contribution in [2.24, 2.45) is 5.92 Å². The highest BCUT2D eigenvalue weighted by atomic mass is 35.5. The molecule has 0 aromatic heterocycles. The number of carbonyl (C=O) groups excluding carboxylic acids is 3. The molecule has 8 nitrogen and oxygen atoms in total. The predicted molar refractivity (Wildman–Crippen MR) is 139 cm³/mol. The molecule has 10 heteroatoms. The number of fused-ring (bicyclic) bond motifs is 1. The number of methoxy groups -OCH3 is 1. The minimum Gasteiger partial charge on any atom is -0.494 e. The lowest BCUT2D eigenvalue weighted by molar-refractivity contribution is -0.122. The minimum absolute atomic E-state index is 0.0286. The van der Waals surface area contributed by atoms with Gasteiger partial charge in [0.1, 0.15) is 12.4 Å². The van der Waals surface area contributed by atoms with Crippen molar-refractivity contribution in [3.8, 4) is 11.5 Å². The third-order valence-electron chi connectivity index (χ3n) is 5.91. The number of benzene rings is 2. The van der Waals surface area contributed by atoms with E-state index >= 15 is 0 Å². The van der Waals surface area contributed by atoms with Crippen LogP contribution in [-0.2, 0) is 4.79 Å². The Balaban J connectivity index is 1.83. The fraction of sp³-hybridized carbons (Fsp3) is 0.444. The van der Waals surface area contributed by atoms with E-state index in [1.165, 1.54) is 24.1 Å². The summed E-state index contributed by atoms with van der Waals surface area (Å²) in [5.41, 5.74) is 0.432. The first-order valence-electron chi connectivity index (χ1n) is 12.3. The summed E-state index contributed by atoms with van der Waals surface area (Å²) in [6, 6.07) is 8.42. The van der Waals surface area contributed by atoms with Crippen molar-refractivity contribution in [1.82, 2.24) is 15.5 Å². The minimum atomic E-state index is -0.660. The Morgan fingerprint density at radius 2 is 2.00 bits per heavy atom. The Labute approximate surface area is 221 Å². The lowest BCUT2D eigenvalue weighted by Gasteiger charge is -2.25. The lowest BCUT2D eigenvalue weighted by Crippen LogP contribution is -2.46. The van der Waals surface area contributed by atoms with Crippen molar-refractivity contribution >= 4 is 29.3 Å². The Morgan fingerprint density at radius 1 is 1.22 bits per heavy atom. The second-order valence-electron chi connectivity index (χ2n) is 9.38. The van der Waals surface area contributed by atoms with Crippen LogP contribution in [-0.4, -0.2) is 62.0 Å². The molecular weight excluding hydrogens is 501 g/mol. The highest BCUT2D eigenvalue weighted by Gasteiger charge is 2.23. The number of nitrogens with one attached hydrogen (secondary N) is 2. The number of hydrogen-bond acceptors (Lipinski definition) is 5. The van der Waals surface area contributed by atoms with Gasteiger partial charge in [0.15, 0.2) is 11.6 Å². The van der Waals surface area contributed by atoms with Crippen LogP contribution in [0.1, 0.15) is 53.8 Å². The quantitative estimate of drug-likeness (QED) is 0.617. The summed E-state index contributed by atoms with van der Waals surface area (Å²) in [5.74, 6) is -1.14. The summed E-state index contributed by atoms with van der Waals surface area (Å²) in [7, 11) is 1.34. The van der Waals surface area contributed by atoms with Crippen LogP contribution in [0.15, 0.2) is 36.4 Å².